The number of hydrogen-bond acceptors (Lipinski definition) is 4. The molecule has 4 nitrogen and oxygen atoms in total. The molecule has 0 saturated carbocycles. The van der Waals surface area contributed by atoms with E-state index in [1.165, 1.54) is 0 Å². The average molecular weight is 350 g/mol. The maximum atomic E-state index is 12.4. The zero-order valence-electron chi connectivity index (χ0n) is 16.0. The Morgan fingerprint density at radius 3 is 2.08 bits per heavy atom. The maximum Gasteiger partial charge on any atom is 0.338 e. The van der Waals surface area contributed by atoms with Crippen molar-refractivity contribution in [2.75, 3.05) is 13.2 Å². The van der Waals surface area contributed by atoms with Crippen molar-refractivity contribution in [2.45, 2.75) is 84.5 Å². The third-order valence-electron chi connectivity index (χ3n) is 4.34. The predicted molar refractivity (Wildman–Crippen MR) is 100 cm³/mol. The largest absolute Gasteiger partial charge is 0.462 e. The predicted octanol–water partition coefficient (Wildman–Crippen LogP) is 5.27. The van der Waals surface area contributed by atoms with Gasteiger partial charge in [0.1, 0.15) is 0 Å². The molecule has 0 aromatic heterocycles. The van der Waals surface area contributed by atoms with Crippen LogP contribution >= 0.6 is 0 Å². The van der Waals surface area contributed by atoms with Crippen LogP contribution in [0.4, 0.5) is 0 Å². The summed E-state index contributed by atoms with van der Waals surface area (Å²) in [5.41, 5.74) is 0.856. The number of ether oxygens (including phenoxy) is 2. The summed E-state index contributed by atoms with van der Waals surface area (Å²) in [5.74, 6) is -0.756. The van der Waals surface area contributed by atoms with Gasteiger partial charge in [-0.3, -0.25) is 0 Å². The monoisotopic (exact) mass is 350 g/mol. The standard InChI is InChI=1S/C21H34O4/c1-3-5-7-12-16-24-20(22)18-14-10-9-11-15-19(18)21(23)25-17-13-8-6-4-2/h10,14H,3-9,11-13,15-17H2,1-2H3. The molecule has 0 aromatic rings. The first-order chi connectivity index (χ1) is 12.2. The van der Waals surface area contributed by atoms with E-state index in [2.05, 4.69) is 13.8 Å². The second-order valence-corrected chi connectivity index (χ2v) is 6.58. The fourth-order valence-corrected chi connectivity index (χ4v) is 2.79. The Kier molecular flexibility index (Phi) is 11.7. The summed E-state index contributed by atoms with van der Waals surface area (Å²) in [7, 11) is 0. The summed E-state index contributed by atoms with van der Waals surface area (Å²) in [6.45, 7) is 5.13. The van der Waals surface area contributed by atoms with E-state index in [1.54, 1.807) is 6.08 Å². The van der Waals surface area contributed by atoms with Crippen molar-refractivity contribution >= 4 is 11.9 Å². The van der Waals surface area contributed by atoms with Crippen LogP contribution in [0.15, 0.2) is 23.3 Å². The molecule has 0 saturated heterocycles. The maximum absolute atomic E-state index is 12.4. The molecule has 0 N–H and O–H groups in total. The van der Waals surface area contributed by atoms with Crippen molar-refractivity contribution in [2.24, 2.45) is 0 Å². The highest BCUT2D eigenvalue weighted by Crippen LogP contribution is 2.22. The van der Waals surface area contributed by atoms with Gasteiger partial charge in [0.05, 0.1) is 24.4 Å². The first-order valence-corrected chi connectivity index (χ1v) is 9.94. The van der Waals surface area contributed by atoms with E-state index in [1.807, 2.05) is 6.08 Å². The highest BCUT2D eigenvalue weighted by molar-refractivity contribution is 6.02. The lowest BCUT2D eigenvalue weighted by molar-refractivity contribution is -0.142. The number of esters is 2. The zero-order chi connectivity index (χ0) is 18.3. The van der Waals surface area contributed by atoms with Crippen LogP contribution in [0.1, 0.15) is 84.5 Å². The van der Waals surface area contributed by atoms with E-state index in [0.29, 0.717) is 30.8 Å². The third-order valence-corrected chi connectivity index (χ3v) is 4.34. The fraction of sp³-hybridized carbons (Fsp3) is 0.714. The molecule has 0 atom stereocenters. The normalized spacial score (nSPS) is 14.3. The van der Waals surface area contributed by atoms with Gasteiger partial charge in [0.2, 0.25) is 0 Å². The second-order valence-electron chi connectivity index (χ2n) is 6.58. The van der Waals surface area contributed by atoms with Gasteiger partial charge in [-0.1, -0.05) is 64.5 Å². The van der Waals surface area contributed by atoms with Gasteiger partial charge in [-0.25, -0.2) is 9.59 Å². The topological polar surface area (TPSA) is 52.6 Å². The van der Waals surface area contributed by atoms with Gasteiger partial charge in [0, 0.05) is 0 Å². The summed E-state index contributed by atoms with van der Waals surface area (Å²) in [5, 5.41) is 0. The Bertz CT molecular complexity index is 463. The van der Waals surface area contributed by atoms with Crippen molar-refractivity contribution in [3.63, 3.8) is 0 Å². The Hall–Kier alpha value is -1.58. The molecule has 1 rings (SSSR count). The molecule has 0 spiro atoms. The minimum absolute atomic E-state index is 0.360. The molecule has 25 heavy (non-hydrogen) atoms. The third kappa shape index (κ3) is 8.89. The van der Waals surface area contributed by atoms with Crippen LogP contribution < -0.4 is 0 Å². The van der Waals surface area contributed by atoms with E-state index in [-0.39, 0.29) is 5.97 Å². The van der Waals surface area contributed by atoms with Crippen LogP contribution in [0.25, 0.3) is 0 Å². The van der Waals surface area contributed by atoms with Crippen LogP contribution in [0.5, 0.6) is 0 Å². The van der Waals surface area contributed by atoms with Crippen LogP contribution in [-0.2, 0) is 19.1 Å². The number of hydrogen-bond donors (Lipinski definition) is 0. The number of carbonyl (C=O) groups is 2. The molecule has 0 radical (unpaired) electrons. The zero-order valence-corrected chi connectivity index (χ0v) is 16.0. The molecule has 4 heteroatoms. The van der Waals surface area contributed by atoms with E-state index in [4.69, 9.17) is 9.47 Å². The van der Waals surface area contributed by atoms with Crippen LogP contribution in [0, 0.1) is 0 Å². The molecule has 0 bridgehead atoms. The summed E-state index contributed by atoms with van der Waals surface area (Å²) < 4.78 is 10.7. The van der Waals surface area contributed by atoms with Crippen LogP contribution in [0.3, 0.4) is 0 Å². The van der Waals surface area contributed by atoms with Gasteiger partial charge in [-0.2, -0.15) is 0 Å². The van der Waals surface area contributed by atoms with E-state index in [9.17, 15) is 9.59 Å². The summed E-state index contributed by atoms with van der Waals surface area (Å²) in [6, 6.07) is 0. The SMILES string of the molecule is CCCCCCOC(=O)C1=C(C(=O)OCCCCCC)CCCC=C1. The quantitative estimate of drug-likeness (QED) is 0.355. The first-order valence-electron chi connectivity index (χ1n) is 9.94. The lowest BCUT2D eigenvalue weighted by Gasteiger charge is -2.11. The molecule has 0 amide bonds. The Labute approximate surface area is 152 Å². The van der Waals surface area contributed by atoms with Gasteiger partial charge >= 0.3 is 11.9 Å². The lowest BCUT2D eigenvalue weighted by Crippen LogP contribution is -2.16. The minimum Gasteiger partial charge on any atom is -0.462 e. The van der Waals surface area contributed by atoms with Crippen molar-refractivity contribution in [3.8, 4) is 0 Å². The van der Waals surface area contributed by atoms with Crippen molar-refractivity contribution < 1.29 is 19.1 Å². The fourth-order valence-electron chi connectivity index (χ4n) is 2.79. The Balaban J connectivity index is 2.58. The first kappa shape index (κ1) is 21.5. The number of carbonyl (C=O) groups excluding carboxylic acids is 2. The van der Waals surface area contributed by atoms with Gasteiger partial charge in [0.25, 0.3) is 0 Å². The molecule has 0 fully saturated rings. The van der Waals surface area contributed by atoms with Gasteiger partial charge in [-0.05, 0) is 32.1 Å². The minimum atomic E-state index is -0.396. The van der Waals surface area contributed by atoms with Crippen LogP contribution in [-0.4, -0.2) is 25.2 Å². The highest BCUT2D eigenvalue weighted by atomic mass is 16.5. The number of rotatable bonds is 12. The molecular weight excluding hydrogens is 316 g/mol. The van der Waals surface area contributed by atoms with Crippen molar-refractivity contribution in [1.29, 1.82) is 0 Å². The Morgan fingerprint density at radius 1 is 0.880 bits per heavy atom. The average Bonchev–Trinajstić information content (AvgIpc) is 2.87. The summed E-state index contributed by atoms with van der Waals surface area (Å²) in [6.07, 6.45) is 14.4. The summed E-state index contributed by atoms with van der Waals surface area (Å²) in [4.78, 5) is 24.8. The molecule has 0 heterocycles. The molecule has 1 aliphatic rings. The van der Waals surface area contributed by atoms with E-state index >= 15 is 0 Å². The van der Waals surface area contributed by atoms with Crippen molar-refractivity contribution in [1.82, 2.24) is 0 Å². The van der Waals surface area contributed by atoms with E-state index < -0.39 is 5.97 Å². The lowest BCUT2D eigenvalue weighted by atomic mass is 10.0. The number of allylic oxidation sites excluding steroid dienone is 1. The van der Waals surface area contributed by atoms with Gasteiger partial charge < -0.3 is 9.47 Å². The second kappa shape index (κ2) is 13.7. The van der Waals surface area contributed by atoms with Gasteiger partial charge in [0.15, 0.2) is 0 Å². The number of unbranched alkanes of at least 4 members (excludes halogenated alkanes) is 6. The van der Waals surface area contributed by atoms with E-state index in [0.717, 1.165) is 64.2 Å². The molecule has 0 aliphatic heterocycles. The molecule has 142 valence electrons. The molecule has 0 unspecified atom stereocenters. The van der Waals surface area contributed by atoms with Crippen molar-refractivity contribution in [3.05, 3.63) is 23.3 Å². The van der Waals surface area contributed by atoms with Gasteiger partial charge in [-0.15, -0.1) is 0 Å². The smallest absolute Gasteiger partial charge is 0.338 e. The Morgan fingerprint density at radius 2 is 1.48 bits per heavy atom. The highest BCUT2D eigenvalue weighted by Gasteiger charge is 2.22. The molecule has 0 aromatic carbocycles. The molecular formula is C21H34O4. The molecule has 1 aliphatic carbocycles. The summed E-state index contributed by atoms with van der Waals surface area (Å²) >= 11 is 0. The van der Waals surface area contributed by atoms with Crippen LogP contribution in [0.2, 0.25) is 0 Å².